The molecule has 4 aliphatic rings. The van der Waals surface area contributed by atoms with E-state index < -0.39 is 35.9 Å². The Morgan fingerprint density at radius 2 is 1.75 bits per heavy atom. The average molecular weight is 401 g/mol. The molecule has 9 nitrogen and oxygen atoms in total. The molecule has 0 aromatic rings. The summed E-state index contributed by atoms with van der Waals surface area (Å²) >= 11 is 0. The minimum atomic E-state index is -1.17. The molecule has 0 amide bonds. The van der Waals surface area contributed by atoms with Crippen LogP contribution in [-0.4, -0.2) is 95.4 Å². The Labute approximate surface area is 164 Å². The first-order valence-corrected chi connectivity index (χ1v) is 9.83. The number of aliphatic hydroxyl groups is 3. The number of fused-ring (bicyclic) bond motifs is 3. The van der Waals surface area contributed by atoms with Crippen molar-refractivity contribution in [2.75, 3.05) is 19.8 Å². The van der Waals surface area contributed by atoms with Crippen molar-refractivity contribution in [3.05, 3.63) is 11.6 Å². The van der Waals surface area contributed by atoms with Crippen molar-refractivity contribution in [2.45, 2.75) is 88.0 Å². The second-order valence-electron chi connectivity index (χ2n) is 8.87. The van der Waals surface area contributed by atoms with Gasteiger partial charge in [-0.3, -0.25) is 0 Å². The van der Waals surface area contributed by atoms with Crippen LogP contribution in [0, 0.1) is 0 Å². The molecule has 0 aromatic carbocycles. The summed E-state index contributed by atoms with van der Waals surface area (Å²) in [6, 6.07) is -0.807. The maximum atomic E-state index is 10.5. The Balaban J connectivity index is 1.55. The van der Waals surface area contributed by atoms with E-state index in [1.807, 2.05) is 33.8 Å². The lowest BCUT2D eigenvalue weighted by atomic mass is 9.86. The molecule has 3 aliphatic heterocycles. The number of ether oxygens (including phenoxy) is 5. The van der Waals surface area contributed by atoms with Crippen molar-refractivity contribution in [1.29, 1.82) is 0 Å². The SMILES string of the molecule is CC1(C)O[C@@H]2[C@@H](O1)[C@@H]1OC(C)(C)OCC1=C[C@@H]2N[C@H]1CO[C@H](CO)[C@@H](O)[C@@H]1O. The highest BCUT2D eigenvalue weighted by molar-refractivity contribution is 5.26. The third kappa shape index (κ3) is 3.76. The molecule has 4 N–H and O–H groups in total. The van der Waals surface area contributed by atoms with E-state index in [2.05, 4.69) is 5.32 Å². The monoisotopic (exact) mass is 401 g/mol. The minimum Gasteiger partial charge on any atom is -0.394 e. The second-order valence-corrected chi connectivity index (χ2v) is 8.87. The molecule has 0 bridgehead atoms. The van der Waals surface area contributed by atoms with Gasteiger partial charge in [0.05, 0.1) is 31.9 Å². The molecule has 8 atom stereocenters. The van der Waals surface area contributed by atoms with Crippen LogP contribution in [0.1, 0.15) is 27.7 Å². The first kappa shape index (κ1) is 20.6. The van der Waals surface area contributed by atoms with Crippen LogP contribution in [0.4, 0.5) is 0 Å². The zero-order valence-corrected chi connectivity index (χ0v) is 16.7. The summed E-state index contributed by atoms with van der Waals surface area (Å²) in [7, 11) is 0. The lowest BCUT2D eigenvalue weighted by molar-refractivity contribution is -0.273. The van der Waals surface area contributed by atoms with Gasteiger partial charge < -0.3 is 44.3 Å². The molecule has 9 heteroatoms. The normalized spacial score (nSPS) is 47.2. The van der Waals surface area contributed by atoms with Crippen LogP contribution >= 0.6 is 0 Å². The first-order valence-electron chi connectivity index (χ1n) is 9.83. The molecule has 0 spiro atoms. The Kier molecular flexibility index (Phi) is 5.35. The molecular weight excluding hydrogens is 370 g/mol. The molecular formula is C19H31NO8. The van der Waals surface area contributed by atoms with Gasteiger partial charge in [0.25, 0.3) is 0 Å². The highest BCUT2D eigenvalue weighted by Gasteiger charge is 2.55. The fourth-order valence-electron chi connectivity index (χ4n) is 4.41. The minimum absolute atomic E-state index is 0.161. The zero-order valence-electron chi connectivity index (χ0n) is 16.7. The summed E-state index contributed by atoms with van der Waals surface area (Å²) in [6.07, 6.45) is -1.97. The summed E-state index contributed by atoms with van der Waals surface area (Å²) in [4.78, 5) is 0. The van der Waals surface area contributed by atoms with Crippen LogP contribution in [-0.2, 0) is 23.7 Å². The second kappa shape index (κ2) is 7.26. The van der Waals surface area contributed by atoms with Crippen molar-refractivity contribution < 1.29 is 39.0 Å². The van der Waals surface area contributed by atoms with E-state index in [9.17, 15) is 15.3 Å². The van der Waals surface area contributed by atoms with Crippen LogP contribution < -0.4 is 5.32 Å². The number of aliphatic hydroxyl groups excluding tert-OH is 3. The Bertz CT molecular complexity index is 623. The van der Waals surface area contributed by atoms with Crippen molar-refractivity contribution in [2.24, 2.45) is 0 Å². The molecule has 3 saturated heterocycles. The zero-order chi connectivity index (χ0) is 20.3. The Morgan fingerprint density at radius 1 is 1.04 bits per heavy atom. The highest BCUT2D eigenvalue weighted by Crippen LogP contribution is 2.42. The number of hydrogen-bond donors (Lipinski definition) is 4. The fourth-order valence-corrected chi connectivity index (χ4v) is 4.41. The van der Waals surface area contributed by atoms with E-state index in [1.54, 1.807) is 0 Å². The third-order valence-corrected chi connectivity index (χ3v) is 5.79. The molecule has 3 heterocycles. The van der Waals surface area contributed by atoms with Gasteiger partial charge in [-0.25, -0.2) is 0 Å². The van der Waals surface area contributed by atoms with Gasteiger partial charge in [0, 0.05) is 0 Å². The quantitative estimate of drug-likeness (QED) is 0.443. The van der Waals surface area contributed by atoms with Crippen LogP contribution in [0.3, 0.4) is 0 Å². The summed E-state index contributed by atoms with van der Waals surface area (Å²) in [5.41, 5.74) is 0.958. The van der Waals surface area contributed by atoms with Crippen molar-refractivity contribution in [1.82, 2.24) is 5.32 Å². The van der Waals surface area contributed by atoms with Gasteiger partial charge in [0.1, 0.15) is 36.6 Å². The van der Waals surface area contributed by atoms with Crippen LogP contribution in [0.25, 0.3) is 0 Å². The summed E-state index contributed by atoms with van der Waals surface area (Å²) in [5, 5.41) is 33.2. The van der Waals surface area contributed by atoms with Crippen molar-refractivity contribution in [3.63, 3.8) is 0 Å². The predicted molar refractivity (Wildman–Crippen MR) is 96.4 cm³/mol. The van der Waals surface area contributed by atoms with Gasteiger partial charge in [-0.2, -0.15) is 0 Å². The van der Waals surface area contributed by atoms with Gasteiger partial charge in [-0.1, -0.05) is 6.08 Å². The van der Waals surface area contributed by atoms with Gasteiger partial charge >= 0.3 is 0 Å². The molecule has 1 aliphatic carbocycles. The summed E-state index contributed by atoms with van der Waals surface area (Å²) in [5.74, 6) is -1.48. The standard InChI is InChI=1S/C19H31NO8/c1-18(2)25-7-9-5-10(16-17(15(9)26-18)28-19(3,4)27-16)20-11-8-24-12(6-21)14(23)13(11)22/h5,10-17,20-23H,6-8H2,1-4H3/t10-,11-,12+,13+,14+,15+,16-,17-/m0/s1. The van der Waals surface area contributed by atoms with E-state index in [4.69, 9.17) is 23.7 Å². The molecule has 160 valence electrons. The number of hydrogen-bond acceptors (Lipinski definition) is 9. The average Bonchev–Trinajstić information content (AvgIpc) is 2.95. The topological polar surface area (TPSA) is 119 Å². The number of rotatable bonds is 3. The van der Waals surface area contributed by atoms with Crippen LogP contribution in [0.5, 0.6) is 0 Å². The first-order chi connectivity index (χ1) is 13.1. The Hall–Kier alpha value is -0.620. The fraction of sp³-hybridized carbons (Fsp3) is 0.895. The van der Waals surface area contributed by atoms with E-state index in [-0.39, 0.29) is 37.6 Å². The highest BCUT2D eigenvalue weighted by atomic mass is 16.8. The molecule has 0 unspecified atom stereocenters. The summed E-state index contributed by atoms with van der Waals surface area (Å²) < 4.78 is 29.7. The van der Waals surface area contributed by atoms with Gasteiger partial charge in [-0.15, -0.1) is 0 Å². The van der Waals surface area contributed by atoms with E-state index in [0.717, 1.165) is 5.57 Å². The Morgan fingerprint density at radius 3 is 2.46 bits per heavy atom. The number of nitrogens with one attached hydrogen (secondary N) is 1. The molecule has 4 rings (SSSR count). The van der Waals surface area contributed by atoms with Gasteiger partial charge in [-0.05, 0) is 33.3 Å². The molecule has 0 saturated carbocycles. The summed E-state index contributed by atoms with van der Waals surface area (Å²) in [6.45, 7) is 7.70. The van der Waals surface area contributed by atoms with Crippen molar-refractivity contribution >= 4 is 0 Å². The maximum Gasteiger partial charge on any atom is 0.164 e. The third-order valence-electron chi connectivity index (χ3n) is 5.79. The van der Waals surface area contributed by atoms with E-state index in [1.165, 1.54) is 0 Å². The lowest BCUT2D eigenvalue weighted by Crippen LogP contribution is -2.64. The molecule has 0 aromatic heterocycles. The van der Waals surface area contributed by atoms with Crippen LogP contribution in [0.2, 0.25) is 0 Å². The smallest absolute Gasteiger partial charge is 0.164 e. The van der Waals surface area contributed by atoms with E-state index >= 15 is 0 Å². The lowest BCUT2D eigenvalue weighted by Gasteiger charge is -2.46. The predicted octanol–water partition coefficient (Wildman–Crippen LogP) is -0.962. The molecule has 28 heavy (non-hydrogen) atoms. The molecule has 0 radical (unpaired) electrons. The van der Waals surface area contributed by atoms with Gasteiger partial charge in [0.2, 0.25) is 0 Å². The van der Waals surface area contributed by atoms with Gasteiger partial charge in [0.15, 0.2) is 11.6 Å². The van der Waals surface area contributed by atoms with Crippen LogP contribution in [0.15, 0.2) is 11.6 Å². The maximum absolute atomic E-state index is 10.5. The largest absolute Gasteiger partial charge is 0.394 e. The molecule has 3 fully saturated rings. The van der Waals surface area contributed by atoms with E-state index in [0.29, 0.717) is 6.61 Å². The van der Waals surface area contributed by atoms with Crippen molar-refractivity contribution in [3.8, 4) is 0 Å².